The zero-order chi connectivity index (χ0) is 15.0. The third kappa shape index (κ3) is 3.15. The van der Waals surface area contributed by atoms with E-state index in [4.69, 9.17) is 0 Å². The number of fused-ring (bicyclic) bond motifs is 1. The van der Waals surface area contributed by atoms with Gasteiger partial charge < -0.3 is 5.11 Å². The first-order valence-electron chi connectivity index (χ1n) is 7.30. The molecule has 0 bridgehead atoms. The minimum absolute atomic E-state index is 0.0477. The number of benzene rings is 1. The molecule has 1 aliphatic rings. The Labute approximate surface area is 129 Å². The molecule has 1 heterocycles. The van der Waals surface area contributed by atoms with Gasteiger partial charge in [0, 0.05) is 15.8 Å². The summed E-state index contributed by atoms with van der Waals surface area (Å²) in [6, 6.07) is 10.1. The van der Waals surface area contributed by atoms with E-state index in [1.807, 2.05) is 24.3 Å². The predicted molar refractivity (Wildman–Crippen MR) is 87.4 cm³/mol. The van der Waals surface area contributed by atoms with E-state index in [9.17, 15) is 13.5 Å². The smallest absolute Gasteiger partial charge is 0.150 e. The van der Waals surface area contributed by atoms with Gasteiger partial charge in [0.15, 0.2) is 0 Å². The van der Waals surface area contributed by atoms with Crippen molar-refractivity contribution in [2.75, 3.05) is 6.26 Å². The molecule has 5 heteroatoms. The molecular formula is C16H20O3S2. The molecule has 1 aliphatic carbocycles. The molecule has 3 nitrogen and oxygen atoms in total. The van der Waals surface area contributed by atoms with Crippen molar-refractivity contribution in [3.63, 3.8) is 0 Å². The van der Waals surface area contributed by atoms with Crippen LogP contribution in [-0.4, -0.2) is 25.0 Å². The maximum absolute atomic E-state index is 11.8. The number of hydrogen-bond donors (Lipinski definition) is 1. The Morgan fingerprint density at radius 2 is 2.05 bits per heavy atom. The molecule has 0 radical (unpaired) electrons. The normalized spacial score (nSPS) is 25.0. The molecule has 1 aromatic carbocycles. The van der Waals surface area contributed by atoms with Crippen molar-refractivity contribution in [1.82, 2.24) is 0 Å². The average Bonchev–Trinajstić information content (AvgIpc) is 2.89. The summed E-state index contributed by atoms with van der Waals surface area (Å²) in [6.45, 7) is 0. The summed E-state index contributed by atoms with van der Waals surface area (Å²) in [5.41, 5.74) is 0. The van der Waals surface area contributed by atoms with E-state index < -0.39 is 15.9 Å². The van der Waals surface area contributed by atoms with Crippen molar-refractivity contribution in [3.8, 4) is 0 Å². The number of aliphatic hydroxyl groups excluding tert-OH is 1. The van der Waals surface area contributed by atoms with Gasteiger partial charge in [0.1, 0.15) is 9.84 Å². The van der Waals surface area contributed by atoms with Crippen molar-refractivity contribution in [2.24, 2.45) is 5.92 Å². The second kappa shape index (κ2) is 5.71. The molecule has 1 saturated carbocycles. The monoisotopic (exact) mass is 324 g/mol. The Bertz CT molecular complexity index is 700. The first-order valence-corrected chi connectivity index (χ1v) is 10.1. The summed E-state index contributed by atoms with van der Waals surface area (Å²) in [7, 11) is -3.01. The summed E-state index contributed by atoms with van der Waals surface area (Å²) in [6.07, 6.45) is 3.85. The number of rotatable bonds is 3. The fraction of sp³-hybridized carbons (Fsp3) is 0.500. The Kier molecular flexibility index (Phi) is 4.08. The second-order valence-corrected chi connectivity index (χ2v) is 9.45. The van der Waals surface area contributed by atoms with Crippen LogP contribution in [0.25, 0.3) is 10.1 Å². The Balaban J connectivity index is 1.82. The lowest BCUT2D eigenvalue weighted by Crippen LogP contribution is -2.30. The van der Waals surface area contributed by atoms with Crippen LogP contribution in [0.15, 0.2) is 30.3 Å². The highest BCUT2D eigenvalue weighted by atomic mass is 32.2. The van der Waals surface area contributed by atoms with Gasteiger partial charge >= 0.3 is 0 Å². The quantitative estimate of drug-likeness (QED) is 0.939. The lowest BCUT2D eigenvalue weighted by Gasteiger charge is -2.30. The van der Waals surface area contributed by atoms with E-state index in [2.05, 4.69) is 6.07 Å². The summed E-state index contributed by atoms with van der Waals surface area (Å²) in [5.74, 6) is 0.0477. The molecule has 1 N–H and O–H groups in total. The molecule has 0 aliphatic heterocycles. The van der Waals surface area contributed by atoms with Crippen LogP contribution in [0.4, 0.5) is 0 Å². The molecule has 3 unspecified atom stereocenters. The second-order valence-electron chi connectivity index (χ2n) is 6.01. The number of sulfone groups is 1. The summed E-state index contributed by atoms with van der Waals surface area (Å²) in [5, 5.41) is 11.5. The first kappa shape index (κ1) is 15.0. The lowest BCUT2D eigenvalue weighted by atomic mass is 9.84. The van der Waals surface area contributed by atoms with Crippen molar-refractivity contribution in [2.45, 2.75) is 37.0 Å². The number of thiophene rings is 1. The summed E-state index contributed by atoms with van der Waals surface area (Å²) >= 11 is 1.61. The van der Waals surface area contributed by atoms with Crippen LogP contribution in [-0.2, 0) is 9.84 Å². The summed E-state index contributed by atoms with van der Waals surface area (Å²) < 4.78 is 24.7. The van der Waals surface area contributed by atoms with Gasteiger partial charge in [-0.25, -0.2) is 8.42 Å². The van der Waals surface area contributed by atoms with Gasteiger partial charge in [-0.05, 0) is 42.7 Å². The Morgan fingerprint density at radius 3 is 2.76 bits per heavy atom. The van der Waals surface area contributed by atoms with Gasteiger partial charge in [-0.15, -0.1) is 11.3 Å². The Hall–Kier alpha value is -0.910. The van der Waals surface area contributed by atoms with Crippen LogP contribution in [0.1, 0.15) is 36.7 Å². The molecular weight excluding hydrogens is 304 g/mol. The van der Waals surface area contributed by atoms with Crippen LogP contribution >= 0.6 is 11.3 Å². The molecule has 3 atom stereocenters. The van der Waals surface area contributed by atoms with Gasteiger partial charge in [-0.1, -0.05) is 24.6 Å². The fourth-order valence-electron chi connectivity index (χ4n) is 3.24. The average molecular weight is 324 g/mol. The predicted octanol–water partition coefficient (Wildman–Crippen LogP) is 3.54. The molecule has 0 amide bonds. The van der Waals surface area contributed by atoms with Crippen LogP contribution in [0, 0.1) is 5.92 Å². The molecule has 21 heavy (non-hydrogen) atoms. The fourth-order valence-corrected chi connectivity index (χ4v) is 5.57. The molecule has 1 aromatic heterocycles. The van der Waals surface area contributed by atoms with Crippen LogP contribution in [0.3, 0.4) is 0 Å². The van der Waals surface area contributed by atoms with E-state index in [1.165, 1.54) is 11.0 Å². The van der Waals surface area contributed by atoms with Crippen LogP contribution in [0.2, 0.25) is 0 Å². The molecule has 1 fully saturated rings. The van der Waals surface area contributed by atoms with Crippen molar-refractivity contribution < 1.29 is 13.5 Å². The van der Waals surface area contributed by atoms with E-state index in [-0.39, 0.29) is 11.2 Å². The van der Waals surface area contributed by atoms with E-state index in [0.29, 0.717) is 6.42 Å². The zero-order valence-corrected chi connectivity index (χ0v) is 13.7. The van der Waals surface area contributed by atoms with Gasteiger partial charge in [0.25, 0.3) is 0 Å². The number of hydrogen-bond acceptors (Lipinski definition) is 4. The third-order valence-electron chi connectivity index (χ3n) is 4.45. The highest BCUT2D eigenvalue weighted by molar-refractivity contribution is 7.91. The van der Waals surface area contributed by atoms with Gasteiger partial charge in [0.05, 0.1) is 11.4 Å². The van der Waals surface area contributed by atoms with Gasteiger partial charge in [-0.3, -0.25) is 0 Å². The summed E-state index contributed by atoms with van der Waals surface area (Å²) in [4.78, 5) is 0.954. The number of aliphatic hydroxyl groups is 1. The minimum Gasteiger partial charge on any atom is -0.387 e. The largest absolute Gasteiger partial charge is 0.387 e. The maximum Gasteiger partial charge on any atom is 0.150 e. The Morgan fingerprint density at radius 1 is 1.29 bits per heavy atom. The highest BCUT2D eigenvalue weighted by Gasteiger charge is 2.33. The van der Waals surface area contributed by atoms with E-state index in [0.717, 1.165) is 29.5 Å². The van der Waals surface area contributed by atoms with Crippen LogP contribution < -0.4 is 0 Å². The van der Waals surface area contributed by atoms with E-state index in [1.54, 1.807) is 11.3 Å². The SMILES string of the molecule is CS(=O)(=O)C1CCCC(C(O)c2cc3ccccc3s2)C1. The van der Waals surface area contributed by atoms with Crippen molar-refractivity contribution in [3.05, 3.63) is 35.2 Å². The molecule has 2 aromatic rings. The first-order chi connectivity index (χ1) is 9.95. The lowest BCUT2D eigenvalue weighted by molar-refractivity contribution is 0.0888. The minimum atomic E-state index is -3.01. The third-order valence-corrected chi connectivity index (χ3v) is 7.28. The van der Waals surface area contributed by atoms with Gasteiger partial charge in [0.2, 0.25) is 0 Å². The van der Waals surface area contributed by atoms with Crippen LogP contribution in [0.5, 0.6) is 0 Å². The molecule has 0 spiro atoms. The highest BCUT2D eigenvalue weighted by Crippen LogP contribution is 2.40. The van der Waals surface area contributed by atoms with Crippen molar-refractivity contribution in [1.29, 1.82) is 0 Å². The molecule has 0 saturated heterocycles. The topological polar surface area (TPSA) is 54.4 Å². The molecule has 3 rings (SSSR count). The molecule has 114 valence electrons. The zero-order valence-electron chi connectivity index (χ0n) is 12.0. The van der Waals surface area contributed by atoms with Gasteiger partial charge in [-0.2, -0.15) is 0 Å². The maximum atomic E-state index is 11.8. The standard InChI is InChI=1S/C16H20O3S2/c1-21(18,19)13-7-4-6-12(9-13)16(17)15-10-11-5-2-3-8-14(11)20-15/h2-3,5,8,10,12-13,16-17H,4,6-7,9H2,1H3. The van der Waals surface area contributed by atoms with Crippen molar-refractivity contribution >= 4 is 31.3 Å². The van der Waals surface area contributed by atoms with E-state index >= 15 is 0 Å².